The van der Waals surface area contributed by atoms with E-state index in [2.05, 4.69) is 21.2 Å². The smallest absolute Gasteiger partial charge is 0.254 e. The van der Waals surface area contributed by atoms with E-state index >= 15 is 0 Å². The van der Waals surface area contributed by atoms with Gasteiger partial charge in [0.25, 0.3) is 5.91 Å². The number of benzene rings is 1. The van der Waals surface area contributed by atoms with E-state index in [1.54, 1.807) is 11.0 Å². The van der Waals surface area contributed by atoms with Gasteiger partial charge in [0.2, 0.25) is 5.91 Å². The summed E-state index contributed by atoms with van der Waals surface area (Å²) in [5.41, 5.74) is -0.0817. The maximum atomic E-state index is 13.7. The SMILES string of the molecule is CCN(CC)C(=O)CNC(=O)c1cccc(Br)c1F. The highest BCUT2D eigenvalue weighted by Crippen LogP contribution is 2.18. The molecule has 6 heteroatoms. The molecule has 0 saturated heterocycles. The lowest BCUT2D eigenvalue weighted by Gasteiger charge is -2.18. The summed E-state index contributed by atoms with van der Waals surface area (Å²) in [6, 6.07) is 4.44. The number of likely N-dealkylation sites (N-methyl/N-ethyl adjacent to an activating group) is 1. The van der Waals surface area contributed by atoms with E-state index in [9.17, 15) is 14.0 Å². The lowest BCUT2D eigenvalue weighted by atomic mass is 10.2. The third-order valence-electron chi connectivity index (χ3n) is 2.71. The van der Waals surface area contributed by atoms with Crippen molar-refractivity contribution in [3.63, 3.8) is 0 Å². The summed E-state index contributed by atoms with van der Waals surface area (Å²) in [6.07, 6.45) is 0. The Labute approximate surface area is 120 Å². The predicted octanol–water partition coefficient (Wildman–Crippen LogP) is 2.19. The fourth-order valence-electron chi connectivity index (χ4n) is 1.62. The Bertz CT molecular complexity index is 476. The zero-order chi connectivity index (χ0) is 14.4. The van der Waals surface area contributed by atoms with Crippen molar-refractivity contribution in [1.82, 2.24) is 10.2 Å². The molecular formula is C13H16BrFN2O2. The summed E-state index contributed by atoms with van der Waals surface area (Å²) in [4.78, 5) is 25.1. The number of rotatable bonds is 5. The van der Waals surface area contributed by atoms with Crippen LogP contribution in [0, 0.1) is 5.82 Å². The Kier molecular flexibility index (Phi) is 5.95. The number of hydrogen-bond donors (Lipinski definition) is 1. The number of nitrogens with zero attached hydrogens (tertiary/aromatic N) is 1. The third-order valence-corrected chi connectivity index (χ3v) is 3.32. The molecule has 0 heterocycles. The number of carbonyl (C=O) groups excluding carboxylic acids is 2. The first-order chi connectivity index (χ1) is 9.01. The zero-order valence-corrected chi connectivity index (χ0v) is 12.5. The van der Waals surface area contributed by atoms with E-state index in [1.165, 1.54) is 12.1 Å². The fourth-order valence-corrected chi connectivity index (χ4v) is 1.98. The van der Waals surface area contributed by atoms with Crippen LogP contribution in [0.15, 0.2) is 22.7 Å². The Morgan fingerprint density at radius 2 is 1.95 bits per heavy atom. The molecular weight excluding hydrogens is 315 g/mol. The standard InChI is InChI=1S/C13H16BrFN2O2/c1-3-17(4-2)11(18)8-16-13(19)9-6-5-7-10(14)12(9)15/h5-7H,3-4,8H2,1-2H3,(H,16,19). The van der Waals surface area contributed by atoms with Crippen LogP contribution in [0.1, 0.15) is 24.2 Å². The fraction of sp³-hybridized carbons (Fsp3) is 0.385. The molecule has 0 atom stereocenters. The molecule has 1 aromatic rings. The van der Waals surface area contributed by atoms with E-state index in [-0.39, 0.29) is 22.5 Å². The first kappa shape index (κ1) is 15.6. The van der Waals surface area contributed by atoms with E-state index in [4.69, 9.17) is 0 Å². The van der Waals surface area contributed by atoms with E-state index in [0.29, 0.717) is 13.1 Å². The Balaban J connectivity index is 2.66. The normalized spacial score (nSPS) is 10.1. The predicted molar refractivity (Wildman–Crippen MR) is 74.4 cm³/mol. The molecule has 0 saturated carbocycles. The maximum Gasteiger partial charge on any atom is 0.254 e. The second-order valence-electron chi connectivity index (χ2n) is 3.85. The summed E-state index contributed by atoms with van der Waals surface area (Å²) >= 11 is 3.01. The van der Waals surface area contributed by atoms with Gasteiger partial charge in [0.15, 0.2) is 0 Å². The molecule has 0 bridgehead atoms. The van der Waals surface area contributed by atoms with Crippen LogP contribution in [-0.2, 0) is 4.79 Å². The van der Waals surface area contributed by atoms with Gasteiger partial charge in [-0.1, -0.05) is 6.07 Å². The molecule has 0 radical (unpaired) electrons. The van der Waals surface area contributed by atoms with Crippen LogP contribution in [0.5, 0.6) is 0 Å². The number of amides is 2. The highest BCUT2D eigenvalue weighted by molar-refractivity contribution is 9.10. The van der Waals surface area contributed by atoms with Gasteiger partial charge >= 0.3 is 0 Å². The van der Waals surface area contributed by atoms with Crippen LogP contribution in [0.2, 0.25) is 0 Å². The van der Waals surface area contributed by atoms with Crippen LogP contribution in [0.4, 0.5) is 4.39 Å². The summed E-state index contributed by atoms with van der Waals surface area (Å²) in [5, 5.41) is 2.42. The molecule has 1 aromatic carbocycles. The highest BCUT2D eigenvalue weighted by Gasteiger charge is 2.16. The first-order valence-electron chi connectivity index (χ1n) is 6.01. The Hall–Kier alpha value is -1.43. The minimum Gasteiger partial charge on any atom is -0.343 e. The zero-order valence-electron chi connectivity index (χ0n) is 10.9. The summed E-state index contributed by atoms with van der Waals surface area (Å²) in [7, 11) is 0. The van der Waals surface area contributed by atoms with Gasteiger partial charge in [0.05, 0.1) is 16.6 Å². The molecule has 0 aliphatic rings. The van der Waals surface area contributed by atoms with Gasteiger partial charge in [0, 0.05) is 13.1 Å². The van der Waals surface area contributed by atoms with E-state index in [0.717, 1.165) is 0 Å². The number of carbonyl (C=O) groups is 2. The van der Waals surface area contributed by atoms with Crippen molar-refractivity contribution >= 4 is 27.7 Å². The second-order valence-corrected chi connectivity index (χ2v) is 4.70. The van der Waals surface area contributed by atoms with Gasteiger partial charge in [-0.15, -0.1) is 0 Å². The molecule has 0 fully saturated rings. The molecule has 104 valence electrons. The van der Waals surface area contributed by atoms with Crippen molar-refractivity contribution in [2.45, 2.75) is 13.8 Å². The molecule has 0 aromatic heterocycles. The largest absolute Gasteiger partial charge is 0.343 e. The lowest BCUT2D eigenvalue weighted by Crippen LogP contribution is -2.40. The van der Waals surface area contributed by atoms with Gasteiger partial charge in [-0.25, -0.2) is 4.39 Å². The lowest BCUT2D eigenvalue weighted by molar-refractivity contribution is -0.129. The van der Waals surface area contributed by atoms with Crippen LogP contribution < -0.4 is 5.32 Å². The molecule has 1 N–H and O–H groups in total. The second kappa shape index (κ2) is 7.23. The van der Waals surface area contributed by atoms with Gasteiger partial charge < -0.3 is 10.2 Å². The van der Waals surface area contributed by atoms with Crippen molar-refractivity contribution in [3.05, 3.63) is 34.1 Å². The number of halogens is 2. The van der Waals surface area contributed by atoms with E-state index < -0.39 is 11.7 Å². The van der Waals surface area contributed by atoms with Crippen molar-refractivity contribution in [2.75, 3.05) is 19.6 Å². The highest BCUT2D eigenvalue weighted by atomic mass is 79.9. The number of nitrogens with one attached hydrogen (secondary N) is 1. The average Bonchev–Trinajstić information content (AvgIpc) is 2.40. The van der Waals surface area contributed by atoms with Crippen LogP contribution in [-0.4, -0.2) is 36.3 Å². The van der Waals surface area contributed by atoms with Gasteiger partial charge in [-0.05, 0) is 41.9 Å². The van der Waals surface area contributed by atoms with Gasteiger partial charge in [-0.3, -0.25) is 9.59 Å². The molecule has 4 nitrogen and oxygen atoms in total. The summed E-state index contributed by atoms with van der Waals surface area (Å²) in [6.45, 7) is 4.74. The Morgan fingerprint density at radius 1 is 1.32 bits per heavy atom. The molecule has 1 rings (SSSR count). The van der Waals surface area contributed by atoms with Crippen molar-refractivity contribution in [1.29, 1.82) is 0 Å². The van der Waals surface area contributed by atoms with E-state index in [1.807, 2.05) is 13.8 Å². The third kappa shape index (κ3) is 4.02. The van der Waals surface area contributed by atoms with Crippen molar-refractivity contribution < 1.29 is 14.0 Å². The topological polar surface area (TPSA) is 49.4 Å². The average molecular weight is 331 g/mol. The minimum atomic E-state index is -0.629. The van der Waals surface area contributed by atoms with Crippen LogP contribution in [0.25, 0.3) is 0 Å². The summed E-state index contributed by atoms with van der Waals surface area (Å²) < 4.78 is 13.9. The van der Waals surface area contributed by atoms with Gasteiger partial charge in [0.1, 0.15) is 5.82 Å². The van der Waals surface area contributed by atoms with Gasteiger partial charge in [-0.2, -0.15) is 0 Å². The molecule has 0 aliphatic heterocycles. The quantitative estimate of drug-likeness (QED) is 0.899. The monoisotopic (exact) mass is 330 g/mol. The molecule has 0 unspecified atom stereocenters. The summed E-state index contributed by atoms with van der Waals surface area (Å²) in [5.74, 6) is -1.41. The Morgan fingerprint density at radius 3 is 2.53 bits per heavy atom. The first-order valence-corrected chi connectivity index (χ1v) is 6.80. The molecule has 0 spiro atoms. The number of hydrogen-bond acceptors (Lipinski definition) is 2. The van der Waals surface area contributed by atoms with Crippen LogP contribution in [0.3, 0.4) is 0 Å². The van der Waals surface area contributed by atoms with Crippen LogP contribution >= 0.6 is 15.9 Å². The molecule has 19 heavy (non-hydrogen) atoms. The van der Waals surface area contributed by atoms with Crippen molar-refractivity contribution in [3.8, 4) is 0 Å². The molecule has 2 amide bonds. The minimum absolute atomic E-state index is 0.0817. The molecule has 0 aliphatic carbocycles. The maximum absolute atomic E-state index is 13.7. The van der Waals surface area contributed by atoms with Crippen molar-refractivity contribution in [2.24, 2.45) is 0 Å².